The van der Waals surface area contributed by atoms with Gasteiger partial charge in [-0.2, -0.15) is 0 Å². The van der Waals surface area contributed by atoms with Crippen molar-refractivity contribution in [3.8, 4) is 5.75 Å². The van der Waals surface area contributed by atoms with Crippen molar-refractivity contribution in [1.82, 2.24) is 4.90 Å². The van der Waals surface area contributed by atoms with Crippen LogP contribution in [-0.4, -0.2) is 24.5 Å². The molecule has 0 aliphatic carbocycles. The summed E-state index contributed by atoms with van der Waals surface area (Å²) < 4.78 is 5.48. The Balaban J connectivity index is 1.92. The largest absolute Gasteiger partial charge is 0.484 e. The molecule has 0 fully saturated rings. The number of carbonyl (C=O) groups is 1. The van der Waals surface area contributed by atoms with Crippen LogP contribution in [0.5, 0.6) is 5.75 Å². The minimum absolute atomic E-state index is 0.0306. The summed E-state index contributed by atoms with van der Waals surface area (Å²) in [6.45, 7) is 2.06. The molecule has 0 saturated carbocycles. The van der Waals surface area contributed by atoms with Crippen molar-refractivity contribution < 1.29 is 9.53 Å². The van der Waals surface area contributed by atoms with Crippen LogP contribution in [0.3, 0.4) is 0 Å². The lowest BCUT2D eigenvalue weighted by Crippen LogP contribution is -2.33. The second kappa shape index (κ2) is 6.75. The molecule has 1 unspecified atom stereocenters. The third-order valence-electron chi connectivity index (χ3n) is 3.36. The molecule has 104 valence electrons. The fourth-order valence-corrected chi connectivity index (χ4v) is 1.93. The molecule has 1 amide bonds. The van der Waals surface area contributed by atoms with Crippen molar-refractivity contribution in [2.75, 3.05) is 13.7 Å². The zero-order chi connectivity index (χ0) is 14.4. The fraction of sp³-hybridized carbons (Fsp3) is 0.235. The van der Waals surface area contributed by atoms with Crippen molar-refractivity contribution in [3.05, 3.63) is 66.2 Å². The van der Waals surface area contributed by atoms with Crippen molar-refractivity contribution >= 4 is 5.91 Å². The van der Waals surface area contributed by atoms with E-state index in [2.05, 4.69) is 0 Å². The lowest BCUT2D eigenvalue weighted by Gasteiger charge is -2.25. The number of nitrogens with zero attached hydrogens (tertiary/aromatic N) is 1. The minimum atomic E-state index is -0.0368. The van der Waals surface area contributed by atoms with Gasteiger partial charge in [0, 0.05) is 7.05 Å². The number of likely N-dealkylation sites (N-methyl/N-ethyl adjacent to an activating group) is 1. The highest BCUT2D eigenvalue weighted by molar-refractivity contribution is 5.78. The van der Waals surface area contributed by atoms with E-state index in [1.807, 2.05) is 67.6 Å². The van der Waals surface area contributed by atoms with Crippen LogP contribution in [0, 0.1) is 0 Å². The van der Waals surface area contributed by atoms with E-state index in [0.29, 0.717) is 5.75 Å². The smallest absolute Gasteiger partial charge is 0.260 e. The third kappa shape index (κ3) is 3.60. The maximum absolute atomic E-state index is 12.1. The van der Waals surface area contributed by atoms with Crippen molar-refractivity contribution in [1.29, 1.82) is 0 Å². The maximum Gasteiger partial charge on any atom is 0.260 e. The molecule has 3 nitrogen and oxygen atoms in total. The molecule has 0 N–H and O–H groups in total. The monoisotopic (exact) mass is 269 g/mol. The summed E-state index contributed by atoms with van der Waals surface area (Å²) in [4.78, 5) is 13.8. The summed E-state index contributed by atoms with van der Waals surface area (Å²) in [5, 5.41) is 0. The highest BCUT2D eigenvalue weighted by Gasteiger charge is 2.17. The highest BCUT2D eigenvalue weighted by Crippen LogP contribution is 2.18. The van der Waals surface area contributed by atoms with E-state index in [1.54, 1.807) is 11.9 Å². The molecule has 2 rings (SSSR count). The van der Waals surface area contributed by atoms with Crippen LogP contribution in [0.4, 0.5) is 0 Å². The first-order chi connectivity index (χ1) is 9.68. The number of hydrogen-bond donors (Lipinski definition) is 0. The van der Waals surface area contributed by atoms with E-state index in [4.69, 9.17) is 4.74 Å². The summed E-state index contributed by atoms with van der Waals surface area (Å²) in [6, 6.07) is 19.4. The quantitative estimate of drug-likeness (QED) is 0.833. The third-order valence-corrected chi connectivity index (χ3v) is 3.36. The van der Waals surface area contributed by atoms with Gasteiger partial charge in [0.25, 0.3) is 5.91 Å². The molecule has 0 saturated heterocycles. The standard InChI is InChI=1S/C17H19NO2/c1-14(15-9-5-3-6-10-15)18(2)17(19)13-20-16-11-7-4-8-12-16/h3-12,14H,13H2,1-2H3. The maximum atomic E-state index is 12.1. The summed E-state index contributed by atoms with van der Waals surface area (Å²) in [5.74, 6) is 0.673. The molecule has 0 aliphatic heterocycles. The van der Waals surface area contributed by atoms with E-state index in [9.17, 15) is 4.79 Å². The molecule has 1 atom stereocenters. The molecule has 0 spiro atoms. The Morgan fingerprint density at radius 3 is 2.20 bits per heavy atom. The first-order valence-electron chi connectivity index (χ1n) is 6.67. The highest BCUT2D eigenvalue weighted by atomic mass is 16.5. The number of ether oxygens (including phenoxy) is 1. The number of para-hydroxylation sites is 1. The van der Waals surface area contributed by atoms with Gasteiger partial charge in [-0.25, -0.2) is 0 Å². The molecule has 0 heterocycles. The van der Waals surface area contributed by atoms with E-state index >= 15 is 0 Å². The number of hydrogen-bond acceptors (Lipinski definition) is 2. The summed E-state index contributed by atoms with van der Waals surface area (Å²) in [6.07, 6.45) is 0. The Kier molecular flexibility index (Phi) is 4.77. The summed E-state index contributed by atoms with van der Waals surface area (Å²) >= 11 is 0. The Morgan fingerprint density at radius 2 is 1.60 bits per heavy atom. The van der Waals surface area contributed by atoms with E-state index in [0.717, 1.165) is 5.56 Å². The van der Waals surface area contributed by atoms with Gasteiger partial charge in [-0.3, -0.25) is 4.79 Å². The van der Waals surface area contributed by atoms with Gasteiger partial charge in [0.1, 0.15) is 5.75 Å². The number of benzene rings is 2. The Bertz CT molecular complexity index is 539. The van der Waals surface area contributed by atoms with Crippen LogP contribution in [-0.2, 0) is 4.79 Å². The Hall–Kier alpha value is -2.29. The fourth-order valence-electron chi connectivity index (χ4n) is 1.93. The normalized spacial score (nSPS) is 11.7. The Labute approximate surface area is 119 Å². The Morgan fingerprint density at radius 1 is 1.05 bits per heavy atom. The average molecular weight is 269 g/mol. The SMILES string of the molecule is CC(c1ccccc1)N(C)C(=O)COc1ccccc1. The first kappa shape index (κ1) is 14.1. The molecule has 0 aromatic heterocycles. The van der Waals surface area contributed by atoms with Crippen molar-refractivity contribution in [2.45, 2.75) is 13.0 Å². The van der Waals surface area contributed by atoms with Gasteiger partial charge in [-0.1, -0.05) is 48.5 Å². The second-order valence-corrected chi connectivity index (χ2v) is 4.69. The van der Waals surface area contributed by atoms with Crippen molar-refractivity contribution in [2.24, 2.45) is 0 Å². The first-order valence-corrected chi connectivity index (χ1v) is 6.67. The molecule has 2 aromatic rings. The van der Waals surface area contributed by atoms with Gasteiger partial charge in [0.05, 0.1) is 6.04 Å². The average Bonchev–Trinajstić information content (AvgIpc) is 2.53. The zero-order valence-electron chi connectivity index (χ0n) is 11.8. The molecular formula is C17H19NO2. The zero-order valence-corrected chi connectivity index (χ0v) is 11.8. The number of rotatable bonds is 5. The lowest BCUT2D eigenvalue weighted by molar-refractivity contribution is -0.134. The predicted molar refractivity (Wildman–Crippen MR) is 79.6 cm³/mol. The minimum Gasteiger partial charge on any atom is -0.484 e. The van der Waals surface area contributed by atoms with Crippen LogP contribution in [0.1, 0.15) is 18.5 Å². The van der Waals surface area contributed by atoms with Crippen molar-refractivity contribution in [3.63, 3.8) is 0 Å². The molecule has 3 heteroatoms. The predicted octanol–water partition coefficient (Wildman–Crippen LogP) is 3.29. The summed E-state index contributed by atoms with van der Waals surface area (Å²) in [7, 11) is 1.80. The lowest BCUT2D eigenvalue weighted by atomic mass is 10.1. The van der Waals surface area contributed by atoms with Crippen LogP contribution in [0.2, 0.25) is 0 Å². The van der Waals surface area contributed by atoms with Gasteiger partial charge in [0.2, 0.25) is 0 Å². The van der Waals surface area contributed by atoms with Crippen LogP contribution in [0.15, 0.2) is 60.7 Å². The van der Waals surface area contributed by atoms with E-state index < -0.39 is 0 Å². The van der Waals surface area contributed by atoms with Gasteiger partial charge in [-0.05, 0) is 24.6 Å². The van der Waals surface area contributed by atoms with Gasteiger partial charge >= 0.3 is 0 Å². The van der Waals surface area contributed by atoms with Gasteiger partial charge in [0.15, 0.2) is 6.61 Å². The van der Waals surface area contributed by atoms with Gasteiger partial charge in [-0.15, -0.1) is 0 Å². The van der Waals surface area contributed by atoms with Crippen LogP contribution in [0.25, 0.3) is 0 Å². The van der Waals surface area contributed by atoms with Crippen LogP contribution >= 0.6 is 0 Å². The molecule has 0 aliphatic rings. The molecule has 0 bridgehead atoms. The number of amides is 1. The molecule has 2 aromatic carbocycles. The topological polar surface area (TPSA) is 29.5 Å². The molecular weight excluding hydrogens is 250 g/mol. The number of carbonyl (C=O) groups excluding carboxylic acids is 1. The van der Waals surface area contributed by atoms with Gasteiger partial charge < -0.3 is 9.64 Å². The summed E-state index contributed by atoms with van der Waals surface area (Å²) in [5.41, 5.74) is 1.11. The van der Waals surface area contributed by atoms with Crippen LogP contribution < -0.4 is 4.74 Å². The van der Waals surface area contributed by atoms with E-state index in [-0.39, 0.29) is 18.6 Å². The molecule has 0 radical (unpaired) electrons. The second-order valence-electron chi connectivity index (χ2n) is 4.69. The van der Waals surface area contributed by atoms with E-state index in [1.165, 1.54) is 0 Å². The molecule has 20 heavy (non-hydrogen) atoms.